The topological polar surface area (TPSA) is 21.3 Å². The van der Waals surface area contributed by atoms with Crippen molar-refractivity contribution in [2.24, 2.45) is 17.8 Å². The van der Waals surface area contributed by atoms with Gasteiger partial charge in [0.1, 0.15) is 0 Å². The van der Waals surface area contributed by atoms with Crippen LogP contribution in [0.4, 0.5) is 0 Å². The molecule has 1 aliphatic carbocycles. The predicted octanol–water partition coefficient (Wildman–Crippen LogP) is 3.61. The molecule has 2 nitrogen and oxygen atoms in total. The highest BCUT2D eigenvalue weighted by molar-refractivity contribution is 4.91. The van der Waals surface area contributed by atoms with Crippen LogP contribution in [0.15, 0.2) is 0 Å². The lowest BCUT2D eigenvalue weighted by atomic mass is 9.72. The molecular formula is C16H31NO. The van der Waals surface area contributed by atoms with E-state index in [0.717, 1.165) is 24.4 Å². The third-order valence-corrected chi connectivity index (χ3v) is 5.37. The molecule has 5 atom stereocenters. The van der Waals surface area contributed by atoms with Gasteiger partial charge in [0.05, 0.1) is 6.10 Å². The van der Waals surface area contributed by atoms with Gasteiger partial charge in [0.25, 0.3) is 0 Å². The van der Waals surface area contributed by atoms with Crippen LogP contribution in [0.2, 0.25) is 0 Å². The highest BCUT2D eigenvalue weighted by Gasteiger charge is 2.38. The minimum atomic E-state index is 0.504. The zero-order chi connectivity index (χ0) is 13.0. The van der Waals surface area contributed by atoms with E-state index in [0.29, 0.717) is 12.1 Å². The Morgan fingerprint density at radius 3 is 2.67 bits per heavy atom. The van der Waals surface area contributed by atoms with Crippen molar-refractivity contribution in [3.8, 4) is 0 Å². The summed E-state index contributed by atoms with van der Waals surface area (Å²) in [5.74, 6) is 2.61. The highest BCUT2D eigenvalue weighted by Crippen LogP contribution is 2.38. The molecule has 1 heterocycles. The molecule has 0 spiro atoms. The monoisotopic (exact) mass is 253 g/mol. The van der Waals surface area contributed by atoms with Gasteiger partial charge in [0.15, 0.2) is 0 Å². The molecule has 0 amide bonds. The Kier molecular flexibility index (Phi) is 5.50. The summed E-state index contributed by atoms with van der Waals surface area (Å²) in [6.45, 7) is 5.60. The van der Waals surface area contributed by atoms with Gasteiger partial charge in [0.2, 0.25) is 0 Å². The van der Waals surface area contributed by atoms with Gasteiger partial charge in [0, 0.05) is 18.6 Å². The Hall–Kier alpha value is -0.0800. The lowest BCUT2D eigenvalue weighted by molar-refractivity contribution is 0.0627. The first-order valence-corrected chi connectivity index (χ1v) is 8.09. The molecule has 0 aromatic rings. The first-order chi connectivity index (χ1) is 8.80. The van der Waals surface area contributed by atoms with E-state index in [2.05, 4.69) is 26.2 Å². The number of hydrogen-bond acceptors (Lipinski definition) is 2. The van der Waals surface area contributed by atoms with Crippen LogP contribution in [0.25, 0.3) is 0 Å². The van der Waals surface area contributed by atoms with E-state index in [9.17, 15) is 0 Å². The van der Waals surface area contributed by atoms with Crippen molar-refractivity contribution in [3.63, 3.8) is 0 Å². The smallest absolute Gasteiger partial charge is 0.0616 e. The van der Waals surface area contributed by atoms with Gasteiger partial charge in [-0.05, 0) is 44.6 Å². The van der Waals surface area contributed by atoms with E-state index in [1.165, 1.54) is 44.9 Å². The largest absolute Gasteiger partial charge is 0.378 e. The van der Waals surface area contributed by atoms with Crippen LogP contribution in [-0.2, 0) is 4.74 Å². The Morgan fingerprint density at radius 1 is 1.17 bits per heavy atom. The van der Waals surface area contributed by atoms with Crippen molar-refractivity contribution in [1.82, 2.24) is 5.32 Å². The second-order valence-corrected chi connectivity index (χ2v) is 6.29. The molecule has 1 N–H and O–H groups in total. The summed E-state index contributed by atoms with van der Waals surface area (Å²) in [4.78, 5) is 0. The summed E-state index contributed by atoms with van der Waals surface area (Å²) in [5, 5.41) is 3.64. The summed E-state index contributed by atoms with van der Waals surface area (Å²) in [6, 6.07) is 0.687. The summed E-state index contributed by atoms with van der Waals surface area (Å²) in [6.07, 6.45) is 10.1. The van der Waals surface area contributed by atoms with E-state index in [-0.39, 0.29) is 0 Å². The van der Waals surface area contributed by atoms with Crippen molar-refractivity contribution in [2.75, 3.05) is 13.7 Å². The van der Waals surface area contributed by atoms with Crippen LogP contribution in [0.3, 0.4) is 0 Å². The maximum Gasteiger partial charge on any atom is 0.0616 e. The molecule has 0 aromatic heterocycles. The lowest BCUT2D eigenvalue weighted by Crippen LogP contribution is -2.45. The van der Waals surface area contributed by atoms with Crippen LogP contribution >= 0.6 is 0 Å². The summed E-state index contributed by atoms with van der Waals surface area (Å²) < 4.78 is 5.90. The maximum atomic E-state index is 5.90. The summed E-state index contributed by atoms with van der Waals surface area (Å²) >= 11 is 0. The second kappa shape index (κ2) is 6.91. The molecule has 1 aliphatic heterocycles. The van der Waals surface area contributed by atoms with E-state index in [4.69, 9.17) is 4.74 Å². The molecule has 5 unspecified atom stereocenters. The lowest BCUT2D eigenvalue weighted by Gasteiger charge is -2.38. The number of ether oxygens (including phenoxy) is 1. The van der Waals surface area contributed by atoms with Crippen molar-refractivity contribution < 1.29 is 4.74 Å². The van der Waals surface area contributed by atoms with E-state index in [1.54, 1.807) is 0 Å². The molecule has 0 aromatic carbocycles. The van der Waals surface area contributed by atoms with Gasteiger partial charge >= 0.3 is 0 Å². The highest BCUT2D eigenvalue weighted by atomic mass is 16.5. The zero-order valence-electron chi connectivity index (χ0n) is 12.5. The maximum absolute atomic E-state index is 5.90. The van der Waals surface area contributed by atoms with Crippen LogP contribution < -0.4 is 5.32 Å². The van der Waals surface area contributed by atoms with Crippen LogP contribution in [-0.4, -0.2) is 25.8 Å². The quantitative estimate of drug-likeness (QED) is 0.808. The van der Waals surface area contributed by atoms with Crippen LogP contribution in [0.1, 0.15) is 58.8 Å². The molecule has 1 saturated heterocycles. The third-order valence-electron chi connectivity index (χ3n) is 5.37. The van der Waals surface area contributed by atoms with Gasteiger partial charge in [-0.2, -0.15) is 0 Å². The molecule has 2 heteroatoms. The Labute approximate surface area is 113 Å². The Balaban J connectivity index is 1.98. The minimum absolute atomic E-state index is 0.504. The SMILES string of the molecule is CCC1CCCC(C(NC)C2CCOC2CC)C1. The molecule has 1 saturated carbocycles. The second-order valence-electron chi connectivity index (χ2n) is 6.29. The van der Waals surface area contributed by atoms with Crippen molar-refractivity contribution in [1.29, 1.82) is 0 Å². The summed E-state index contributed by atoms with van der Waals surface area (Å²) in [7, 11) is 2.16. The van der Waals surface area contributed by atoms with Gasteiger partial charge in [-0.3, -0.25) is 0 Å². The van der Waals surface area contributed by atoms with Crippen LogP contribution in [0, 0.1) is 17.8 Å². The first kappa shape index (κ1) is 14.3. The molecule has 106 valence electrons. The number of rotatable bonds is 5. The molecule has 2 rings (SSSR count). The fourth-order valence-electron chi connectivity index (χ4n) is 4.33. The molecule has 18 heavy (non-hydrogen) atoms. The average molecular weight is 253 g/mol. The van der Waals surface area contributed by atoms with Gasteiger partial charge in [-0.15, -0.1) is 0 Å². The normalized spacial score (nSPS) is 38.8. The number of hydrogen-bond donors (Lipinski definition) is 1. The van der Waals surface area contributed by atoms with Crippen molar-refractivity contribution >= 4 is 0 Å². The minimum Gasteiger partial charge on any atom is -0.378 e. The van der Waals surface area contributed by atoms with Crippen LogP contribution in [0.5, 0.6) is 0 Å². The molecule has 0 bridgehead atoms. The predicted molar refractivity (Wildman–Crippen MR) is 76.7 cm³/mol. The zero-order valence-corrected chi connectivity index (χ0v) is 12.5. The van der Waals surface area contributed by atoms with Gasteiger partial charge in [-0.25, -0.2) is 0 Å². The Bertz CT molecular complexity index is 243. The molecule has 2 aliphatic rings. The van der Waals surface area contributed by atoms with E-state index < -0.39 is 0 Å². The standard InChI is InChI=1S/C16H31NO/c1-4-12-7-6-8-13(11-12)16(17-3)14-9-10-18-15(14)5-2/h12-17H,4-11H2,1-3H3. The fourth-order valence-corrected chi connectivity index (χ4v) is 4.33. The average Bonchev–Trinajstić information content (AvgIpc) is 2.88. The van der Waals surface area contributed by atoms with Crippen molar-refractivity contribution in [3.05, 3.63) is 0 Å². The third kappa shape index (κ3) is 3.08. The number of nitrogens with one attached hydrogen (secondary N) is 1. The first-order valence-electron chi connectivity index (χ1n) is 8.09. The molecular weight excluding hydrogens is 222 g/mol. The summed E-state index contributed by atoms with van der Waals surface area (Å²) in [5.41, 5.74) is 0. The van der Waals surface area contributed by atoms with E-state index >= 15 is 0 Å². The van der Waals surface area contributed by atoms with E-state index in [1.807, 2.05) is 0 Å². The molecule has 0 radical (unpaired) electrons. The fraction of sp³-hybridized carbons (Fsp3) is 1.00. The Morgan fingerprint density at radius 2 is 2.00 bits per heavy atom. The molecule has 2 fully saturated rings. The van der Waals surface area contributed by atoms with Gasteiger partial charge < -0.3 is 10.1 Å². The van der Waals surface area contributed by atoms with Crippen molar-refractivity contribution in [2.45, 2.75) is 70.9 Å². The van der Waals surface area contributed by atoms with Gasteiger partial charge in [-0.1, -0.05) is 33.1 Å².